The Labute approximate surface area is 203 Å². The first-order chi connectivity index (χ1) is 16.7. The summed E-state index contributed by atoms with van der Waals surface area (Å²) in [5.41, 5.74) is 2.36. The van der Waals surface area contributed by atoms with Crippen molar-refractivity contribution in [2.45, 2.75) is 39.3 Å². The van der Waals surface area contributed by atoms with Gasteiger partial charge in [0.1, 0.15) is 5.82 Å². The molecule has 0 radical (unpaired) electrons. The Morgan fingerprint density at radius 1 is 1.23 bits per heavy atom. The molecule has 9 nitrogen and oxygen atoms in total. The first kappa shape index (κ1) is 25.0. The minimum atomic E-state index is -3.86. The van der Waals surface area contributed by atoms with Gasteiger partial charge in [0, 0.05) is 25.1 Å². The molecule has 1 unspecified atom stereocenters. The fourth-order valence-corrected chi connectivity index (χ4v) is 5.19. The summed E-state index contributed by atoms with van der Waals surface area (Å²) in [5.74, 6) is 0.198. The average Bonchev–Trinajstić information content (AvgIpc) is 3.30. The second-order valence-electron chi connectivity index (χ2n) is 8.73. The molecular formula is C24H27FN4O5S. The van der Waals surface area contributed by atoms with Crippen molar-refractivity contribution in [3.8, 4) is 22.8 Å². The standard InChI is InChI=1S/C24H27FN4O5S/c1-16-3-6-19(7-4-16)24-26-23(27-34-24)20-8-5-18(13-21(20)25)14-22(33-15-30)28-35(31,32)29-11-9-17(2)10-12-29/h3-8,13,15,17,22,28H,9-12,14H2,1-2H3. The zero-order valence-electron chi connectivity index (χ0n) is 19.5. The Kier molecular flexibility index (Phi) is 7.58. The topological polar surface area (TPSA) is 115 Å². The van der Waals surface area contributed by atoms with Gasteiger partial charge in [-0.25, -0.2) is 4.39 Å². The van der Waals surface area contributed by atoms with Gasteiger partial charge in [-0.3, -0.25) is 4.79 Å². The predicted octanol–water partition coefficient (Wildman–Crippen LogP) is 3.46. The van der Waals surface area contributed by atoms with Crippen molar-refractivity contribution in [3.63, 3.8) is 0 Å². The molecule has 2 heterocycles. The van der Waals surface area contributed by atoms with Gasteiger partial charge in [0.2, 0.25) is 5.82 Å². The number of aromatic nitrogens is 2. The summed E-state index contributed by atoms with van der Waals surface area (Å²) >= 11 is 0. The molecule has 0 amide bonds. The van der Waals surface area contributed by atoms with Crippen molar-refractivity contribution < 1.29 is 26.9 Å². The number of hydrogen-bond acceptors (Lipinski definition) is 7. The molecule has 2 aromatic carbocycles. The normalized spacial score (nSPS) is 16.2. The molecule has 0 saturated carbocycles. The monoisotopic (exact) mass is 502 g/mol. The number of halogens is 1. The van der Waals surface area contributed by atoms with Crippen LogP contribution in [0.5, 0.6) is 0 Å². The zero-order chi connectivity index (χ0) is 25.0. The highest BCUT2D eigenvalue weighted by Crippen LogP contribution is 2.26. The fourth-order valence-electron chi connectivity index (χ4n) is 3.88. The van der Waals surface area contributed by atoms with Crippen LogP contribution in [0.15, 0.2) is 47.0 Å². The smallest absolute Gasteiger partial charge is 0.294 e. The molecule has 1 aliphatic heterocycles. The van der Waals surface area contributed by atoms with Crippen molar-refractivity contribution in [3.05, 3.63) is 59.4 Å². The van der Waals surface area contributed by atoms with Gasteiger partial charge in [-0.1, -0.05) is 35.8 Å². The first-order valence-electron chi connectivity index (χ1n) is 11.3. The molecular weight excluding hydrogens is 475 g/mol. The summed E-state index contributed by atoms with van der Waals surface area (Å²) in [7, 11) is -3.86. The summed E-state index contributed by atoms with van der Waals surface area (Å²) in [6, 6.07) is 11.8. The van der Waals surface area contributed by atoms with E-state index in [4.69, 9.17) is 9.26 Å². The Bertz CT molecular complexity index is 1270. The molecule has 4 rings (SSSR count). The molecule has 1 N–H and O–H groups in total. The maximum atomic E-state index is 14.9. The van der Waals surface area contributed by atoms with Crippen LogP contribution < -0.4 is 4.72 Å². The Morgan fingerprint density at radius 3 is 2.60 bits per heavy atom. The second-order valence-corrected chi connectivity index (χ2v) is 10.4. The zero-order valence-corrected chi connectivity index (χ0v) is 20.3. The third-order valence-electron chi connectivity index (χ3n) is 6.00. The van der Waals surface area contributed by atoms with Crippen molar-refractivity contribution in [1.29, 1.82) is 0 Å². The van der Waals surface area contributed by atoms with E-state index in [1.807, 2.05) is 31.2 Å². The Morgan fingerprint density at radius 2 is 1.94 bits per heavy atom. The molecule has 1 atom stereocenters. The van der Waals surface area contributed by atoms with Gasteiger partial charge < -0.3 is 9.26 Å². The van der Waals surface area contributed by atoms with E-state index >= 15 is 0 Å². The van der Waals surface area contributed by atoms with E-state index < -0.39 is 22.3 Å². The van der Waals surface area contributed by atoms with E-state index in [9.17, 15) is 17.6 Å². The summed E-state index contributed by atoms with van der Waals surface area (Å²) in [4.78, 5) is 15.3. The number of rotatable bonds is 9. The number of benzene rings is 2. The number of nitrogens with one attached hydrogen (secondary N) is 1. The van der Waals surface area contributed by atoms with Gasteiger partial charge in [0.05, 0.1) is 5.56 Å². The molecule has 0 bridgehead atoms. The highest BCUT2D eigenvalue weighted by Gasteiger charge is 2.29. The molecule has 1 fully saturated rings. The van der Waals surface area contributed by atoms with Crippen LogP contribution in [0.3, 0.4) is 0 Å². The van der Waals surface area contributed by atoms with Gasteiger partial charge in [-0.2, -0.15) is 22.4 Å². The minimum absolute atomic E-state index is 0.0553. The van der Waals surface area contributed by atoms with Gasteiger partial charge in [0.25, 0.3) is 22.6 Å². The highest BCUT2D eigenvalue weighted by molar-refractivity contribution is 7.87. The van der Waals surface area contributed by atoms with Crippen LogP contribution in [0.25, 0.3) is 22.8 Å². The van der Waals surface area contributed by atoms with Crippen LogP contribution in [0.4, 0.5) is 4.39 Å². The van der Waals surface area contributed by atoms with Crippen molar-refractivity contribution in [2.75, 3.05) is 13.1 Å². The van der Waals surface area contributed by atoms with Crippen LogP contribution in [-0.2, 0) is 26.2 Å². The van der Waals surface area contributed by atoms with Crippen LogP contribution in [0.2, 0.25) is 0 Å². The molecule has 0 spiro atoms. The van der Waals surface area contributed by atoms with Crippen LogP contribution in [0, 0.1) is 18.7 Å². The number of carbonyl (C=O) groups excluding carboxylic acids is 1. The van der Waals surface area contributed by atoms with Crippen molar-refractivity contribution >= 4 is 16.7 Å². The largest absolute Gasteiger partial charge is 0.447 e. The van der Waals surface area contributed by atoms with Crippen molar-refractivity contribution in [2.24, 2.45) is 5.92 Å². The SMILES string of the molecule is Cc1ccc(-c2nc(-c3ccc(CC(NS(=O)(=O)N4CCC(C)CC4)OC=O)cc3F)no2)cc1. The lowest BCUT2D eigenvalue weighted by atomic mass is 10.0. The molecule has 3 aromatic rings. The number of carbonyl (C=O) groups is 1. The third kappa shape index (κ3) is 6.11. The number of piperidine rings is 1. The maximum Gasteiger partial charge on any atom is 0.294 e. The Hall–Kier alpha value is -3.15. The first-order valence-corrected chi connectivity index (χ1v) is 12.7. The summed E-state index contributed by atoms with van der Waals surface area (Å²) in [5, 5.41) is 3.88. The molecule has 35 heavy (non-hydrogen) atoms. The van der Waals surface area contributed by atoms with Gasteiger partial charge in [0.15, 0.2) is 6.23 Å². The molecule has 0 aliphatic carbocycles. The summed E-state index contributed by atoms with van der Waals surface area (Å²) in [6.45, 7) is 4.99. The summed E-state index contributed by atoms with van der Waals surface area (Å²) in [6.07, 6.45) is 0.281. The molecule has 1 aliphatic rings. The lowest BCUT2D eigenvalue weighted by Gasteiger charge is -2.30. The Balaban J connectivity index is 1.47. The van der Waals surface area contributed by atoms with Gasteiger partial charge in [-0.15, -0.1) is 0 Å². The molecule has 186 valence electrons. The number of hydrogen-bond donors (Lipinski definition) is 1. The predicted molar refractivity (Wildman–Crippen MR) is 127 cm³/mol. The molecule has 1 aromatic heterocycles. The average molecular weight is 503 g/mol. The molecule has 11 heteroatoms. The van der Waals surface area contributed by atoms with E-state index in [0.717, 1.165) is 24.0 Å². The van der Waals surface area contributed by atoms with E-state index in [0.29, 0.717) is 24.6 Å². The fraction of sp³-hybridized carbons (Fsp3) is 0.375. The lowest BCUT2D eigenvalue weighted by Crippen LogP contribution is -2.49. The lowest BCUT2D eigenvalue weighted by molar-refractivity contribution is -0.133. The second kappa shape index (κ2) is 10.6. The highest BCUT2D eigenvalue weighted by atomic mass is 32.2. The van der Waals surface area contributed by atoms with E-state index in [-0.39, 0.29) is 30.2 Å². The van der Waals surface area contributed by atoms with Crippen LogP contribution >= 0.6 is 0 Å². The summed E-state index contributed by atoms with van der Waals surface area (Å²) < 4.78 is 54.3. The van der Waals surface area contributed by atoms with Crippen molar-refractivity contribution in [1.82, 2.24) is 19.2 Å². The van der Waals surface area contributed by atoms with Crippen LogP contribution in [-0.4, -0.2) is 48.7 Å². The van der Waals surface area contributed by atoms with Gasteiger partial charge in [-0.05, 0) is 55.5 Å². The number of aryl methyl sites for hydroxylation is 1. The van der Waals surface area contributed by atoms with Crippen LogP contribution in [0.1, 0.15) is 30.9 Å². The van der Waals surface area contributed by atoms with E-state index in [1.54, 1.807) is 6.07 Å². The third-order valence-corrected chi connectivity index (χ3v) is 7.61. The number of ether oxygens (including phenoxy) is 1. The molecule has 1 saturated heterocycles. The quantitative estimate of drug-likeness (QED) is 0.352. The van der Waals surface area contributed by atoms with E-state index in [1.165, 1.54) is 16.4 Å². The van der Waals surface area contributed by atoms with E-state index in [2.05, 4.69) is 21.8 Å². The number of nitrogens with zero attached hydrogens (tertiary/aromatic N) is 3. The minimum Gasteiger partial charge on any atom is -0.447 e. The maximum absolute atomic E-state index is 14.9. The van der Waals surface area contributed by atoms with Gasteiger partial charge >= 0.3 is 0 Å².